The van der Waals surface area contributed by atoms with Crippen molar-refractivity contribution >= 4 is 44.2 Å². The fraction of sp³-hybridized carbons (Fsp3) is 0.375. The highest BCUT2D eigenvalue weighted by molar-refractivity contribution is 7.20. The topological polar surface area (TPSA) is 119 Å². The zero-order valence-electron chi connectivity index (χ0n) is 22.7. The van der Waals surface area contributed by atoms with Crippen LogP contribution in [0.1, 0.15) is 75.3 Å². The molecule has 3 aromatic rings. The molecular formula is C32H24N6O2S2. The van der Waals surface area contributed by atoms with Gasteiger partial charge in [-0.15, -0.1) is 11.3 Å². The van der Waals surface area contributed by atoms with E-state index in [1.807, 2.05) is 30.3 Å². The van der Waals surface area contributed by atoms with Crippen LogP contribution >= 0.6 is 22.7 Å². The van der Waals surface area contributed by atoms with Gasteiger partial charge in [-0.2, -0.15) is 10.5 Å². The van der Waals surface area contributed by atoms with Crippen LogP contribution < -0.4 is 9.47 Å². The fourth-order valence-corrected chi connectivity index (χ4v) is 9.20. The first-order chi connectivity index (χ1) is 20.5. The summed E-state index contributed by atoms with van der Waals surface area (Å²) in [5.74, 6) is 1.39. The van der Waals surface area contributed by atoms with Crippen LogP contribution in [0, 0.1) is 40.6 Å². The maximum absolute atomic E-state index is 9.33. The van der Waals surface area contributed by atoms with Crippen molar-refractivity contribution < 1.29 is 9.47 Å². The van der Waals surface area contributed by atoms with Gasteiger partial charge in [0.05, 0.1) is 0 Å². The Labute approximate surface area is 251 Å². The van der Waals surface area contributed by atoms with Crippen molar-refractivity contribution in [2.24, 2.45) is 9.98 Å². The summed E-state index contributed by atoms with van der Waals surface area (Å²) in [6.45, 7) is 7.29. The average molecular weight is 589 g/mol. The molecule has 2 fully saturated rings. The smallest absolute Gasteiger partial charge is 0.350 e. The second-order valence-corrected chi connectivity index (χ2v) is 13.2. The lowest BCUT2D eigenvalue weighted by molar-refractivity contribution is 0.0203. The lowest BCUT2D eigenvalue weighted by atomic mass is 9.76. The predicted molar refractivity (Wildman–Crippen MR) is 161 cm³/mol. The molecule has 0 atom stereocenters. The van der Waals surface area contributed by atoms with E-state index in [0.29, 0.717) is 10.0 Å². The predicted octanol–water partition coefficient (Wildman–Crippen LogP) is 8.84. The van der Waals surface area contributed by atoms with Gasteiger partial charge < -0.3 is 14.3 Å². The number of nitrogens with zero attached hydrogens (tertiary/aromatic N) is 6. The second-order valence-electron chi connectivity index (χ2n) is 11.2. The number of amidine groups is 1. The van der Waals surface area contributed by atoms with Crippen molar-refractivity contribution in [2.45, 2.75) is 75.4 Å². The van der Waals surface area contributed by atoms with Crippen LogP contribution in [0.3, 0.4) is 0 Å². The minimum Gasteiger partial charge on any atom is -0.482 e. The number of ether oxygens (including phenoxy) is 2. The third-order valence-electron chi connectivity index (χ3n) is 8.78. The Bertz CT molecular complexity index is 1690. The van der Waals surface area contributed by atoms with Gasteiger partial charge in [0.15, 0.2) is 0 Å². The van der Waals surface area contributed by atoms with Crippen LogP contribution in [0.5, 0.6) is 11.5 Å². The highest BCUT2D eigenvalue weighted by atomic mass is 32.1. The molecule has 2 spiro atoms. The number of aliphatic imine (C=N–C) groups is 2. The van der Waals surface area contributed by atoms with Crippen molar-refractivity contribution in [3.05, 3.63) is 46.8 Å². The Balaban J connectivity index is 1.42. The van der Waals surface area contributed by atoms with E-state index in [2.05, 4.69) is 27.0 Å². The van der Waals surface area contributed by atoms with Crippen LogP contribution in [0.25, 0.3) is 25.7 Å². The molecule has 10 heteroatoms. The number of thiophene rings is 2. The van der Waals surface area contributed by atoms with Gasteiger partial charge in [-0.25, -0.2) is 10.3 Å². The number of fused-ring (bicyclic) bond motifs is 8. The molecular weight excluding hydrogens is 565 g/mol. The molecule has 4 heterocycles. The molecule has 7 rings (SSSR count). The third kappa shape index (κ3) is 4.11. The lowest BCUT2D eigenvalue weighted by Crippen LogP contribution is -2.38. The average Bonchev–Trinajstić information content (AvgIpc) is 3.65. The number of hydrogen-bond acceptors (Lipinski definition) is 9. The van der Waals surface area contributed by atoms with Crippen molar-refractivity contribution in [3.63, 3.8) is 0 Å². The third-order valence-corrected chi connectivity index (χ3v) is 10.9. The monoisotopic (exact) mass is 588 g/mol. The van der Waals surface area contributed by atoms with E-state index >= 15 is 0 Å². The highest BCUT2D eigenvalue weighted by Gasteiger charge is 2.47. The summed E-state index contributed by atoms with van der Waals surface area (Å²) in [6, 6.07) is 13.8. The molecule has 0 N–H and O–H groups in total. The fourth-order valence-electron chi connectivity index (χ4n) is 6.91. The van der Waals surface area contributed by atoms with Crippen LogP contribution in [0.15, 0.2) is 34.3 Å². The lowest BCUT2D eigenvalue weighted by Gasteiger charge is -2.44. The standard InChI is InChI=1S/C32H24N6O2S2/c1-36-26(18-35)38-28-15-23-30(42-28)21-13-24-20(12-25(21)40-32(23)10-6-3-7-11-32)29-22(31(39-24)8-4-2-5-9-31)14-27(41-29)37-19(16-33)17-34/h12-15H,2-11H2. The summed E-state index contributed by atoms with van der Waals surface area (Å²) in [4.78, 5) is 14.1. The van der Waals surface area contributed by atoms with E-state index < -0.39 is 11.2 Å². The second kappa shape index (κ2) is 10.1. The first kappa shape index (κ1) is 26.4. The zero-order valence-corrected chi connectivity index (χ0v) is 24.3. The summed E-state index contributed by atoms with van der Waals surface area (Å²) in [5, 5.41) is 29.2. The molecule has 0 bridgehead atoms. The van der Waals surface area contributed by atoms with Gasteiger partial charge in [0.2, 0.25) is 10.7 Å². The maximum Gasteiger partial charge on any atom is 0.350 e. The number of hydrogen-bond donors (Lipinski definition) is 0. The van der Waals surface area contributed by atoms with E-state index in [0.717, 1.165) is 108 Å². The SMILES string of the molecule is [C-]#[N+]C(C#N)=Nc1cc2c(s1)-c1cc3c(cc1OC21CCCCC1)-c1sc(N=C(C#N)C#N)cc1C1(CCCCC1)O3. The quantitative estimate of drug-likeness (QED) is 0.168. The van der Waals surface area contributed by atoms with Crippen LogP contribution in [-0.2, 0) is 11.2 Å². The van der Waals surface area contributed by atoms with Crippen LogP contribution in [0.4, 0.5) is 10.0 Å². The van der Waals surface area contributed by atoms with Crippen molar-refractivity contribution in [3.8, 4) is 50.6 Å². The van der Waals surface area contributed by atoms with Crippen LogP contribution in [-0.4, -0.2) is 11.5 Å². The molecule has 0 saturated heterocycles. The summed E-state index contributed by atoms with van der Waals surface area (Å²) in [7, 11) is 0. The maximum atomic E-state index is 9.33. The van der Waals surface area contributed by atoms with E-state index in [-0.39, 0.29) is 11.5 Å². The van der Waals surface area contributed by atoms with Gasteiger partial charge in [0.25, 0.3) is 0 Å². The summed E-state index contributed by atoms with van der Waals surface area (Å²) < 4.78 is 13.9. The van der Waals surface area contributed by atoms with Gasteiger partial charge in [-0.05, 0) is 69.6 Å². The molecule has 206 valence electrons. The first-order valence-corrected chi connectivity index (χ1v) is 15.8. The van der Waals surface area contributed by atoms with Crippen molar-refractivity contribution in [1.29, 1.82) is 15.8 Å². The Morgan fingerprint density at radius 2 is 1.19 bits per heavy atom. The zero-order chi connectivity index (χ0) is 28.9. The molecule has 1 aromatic carbocycles. The molecule has 0 radical (unpaired) electrons. The normalized spacial score (nSPS) is 18.8. The van der Waals surface area contributed by atoms with E-state index in [4.69, 9.17) is 16.0 Å². The molecule has 4 aliphatic rings. The number of rotatable bonds is 2. The molecule has 8 nitrogen and oxygen atoms in total. The number of benzene rings is 1. The minimum atomic E-state index is -0.482. The van der Waals surface area contributed by atoms with E-state index in [1.165, 1.54) is 22.7 Å². The van der Waals surface area contributed by atoms with Crippen molar-refractivity contribution in [2.75, 3.05) is 0 Å². The Morgan fingerprint density at radius 1 is 0.714 bits per heavy atom. The van der Waals surface area contributed by atoms with Gasteiger partial charge in [-0.3, -0.25) is 0 Å². The molecule has 42 heavy (non-hydrogen) atoms. The largest absolute Gasteiger partial charge is 0.482 e. The minimum absolute atomic E-state index is 0.165. The van der Waals surface area contributed by atoms with Gasteiger partial charge in [0.1, 0.15) is 45.9 Å². The molecule has 2 aliphatic heterocycles. The Kier molecular flexibility index (Phi) is 6.36. The summed E-state index contributed by atoms with van der Waals surface area (Å²) in [6.07, 6.45) is 10.1. The molecule has 2 saturated carbocycles. The van der Waals surface area contributed by atoms with Crippen molar-refractivity contribution in [1.82, 2.24) is 0 Å². The first-order valence-electron chi connectivity index (χ1n) is 14.1. The molecule has 0 unspecified atom stereocenters. The Hall–Kier alpha value is -4.48. The van der Waals surface area contributed by atoms with Gasteiger partial charge >= 0.3 is 5.84 Å². The molecule has 0 amide bonds. The van der Waals surface area contributed by atoms with Gasteiger partial charge in [-0.1, -0.05) is 35.7 Å². The summed E-state index contributed by atoms with van der Waals surface area (Å²) >= 11 is 2.97. The van der Waals surface area contributed by atoms with E-state index in [9.17, 15) is 15.8 Å². The molecule has 2 aliphatic carbocycles. The van der Waals surface area contributed by atoms with E-state index in [1.54, 1.807) is 0 Å². The van der Waals surface area contributed by atoms with Gasteiger partial charge in [0, 0.05) is 38.1 Å². The van der Waals surface area contributed by atoms with Crippen LogP contribution in [0.2, 0.25) is 0 Å². The number of nitriles is 3. The molecule has 2 aromatic heterocycles. The highest BCUT2D eigenvalue weighted by Crippen LogP contribution is 2.61. The Morgan fingerprint density at radius 3 is 1.62 bits per heavy atom. The summed E-state index contributed by atoms with van der Waals surface area (Å²) in [5.41, 5.74) is 2.91.